The number of ether oxygens (including phenoxy) is 1. The van der Waals surface area contributed by atoms with E-state index in [2.05, 4.69) is 16.3 Å². The molecule has 0 aliphatic carbocycles. The highest BCUT2D eigenvalue weighted by molar-refractivity contribution is 6.05. The fraction of sp³-hybridized carbons (Fsp3) is 0.562. The van der Waals surface area contributed by atoms with Crippen LogP contribution < -0.4 is 15.0 Å². The van der Waals surface area contributed by atoms with Gasteiger partial charge >= 0.3 is 0 Å². The molecule has 1 unspecified atom stereocenters. The van der Waals surface area contributed by atoms with Crippen LogP contribution in [0.2, 0.25) is 0 Å². The van der Waals surface area contributed by atoms with Gasteiger partial charge in [-0.2, -0.15) is 0 Å². The average Bonchev–Trinajstić information content (AvgIpc) is 2.65. The number of anilines is 2. The average molecular weight is 274 g/mol. The number of benzene rings is 1. The molecule has 2 heterocycles. The summed E-state index contributed by atoms with van der Waals surface area (Å²) in [4.78, 5) is 14.6. The Morgan fingerprint density at radius 3 is 2.95 bits per heavy atom. The summed E-state index contributed by atoms with van der Waals surface area (Å²) in [6, 6.07) is 6.01. The van der Waals surface area contributed by atoms with Crippen molar-refractivity contribution in [2.45, 2.75) is 51.7 Å². The van der Waals surface area contributed by atoms with Gasteiger partial charge in [0.05, 0.1) is 11.8 Å². The lowest BCUT2D eigenvalue weighted by Crippen LogP contribution is -2.47. The molecule has 0 bridgehead atoms. The monoisotopic (exact) mass is 274 g/mol. The van der Waals surface area contributed by atoms with E-state index in [0.717, 1.165) is 42.9 Å². The van der Waals surface area contributed by atoms with Crippen LogP contribution >= 0.6 is 0 Å². The molecule has 0 aromatic heterocycles. The number of carbonyl (C=O) groups excluding carboxylic acids is 1. The maximum absolute atomic E-state index is 12.4. The third kappa shape index (κ3) is 2.35. The molecule has 2 aliphatic rings. The quantitative estimate of drug-likeness (QED) is 0.900. The van der Waals surface area contributed by atoms with Crippen LogP contribution in [0.15, 0.2) is 18.2 Å². The Bertz CT molecular complexity index is 513. The van der Waals surface area contributed by atoms with Crippen LogP contribution in [0.4, 0.5) is 11.4 Å². The van der Waals surface area contributed by atoms with E-state index < -0.39 is 0 Å². The van der Waals surface area contributed by atoms with Crippen LogP contribution in [-0.2, 0) is 4.79 Å². The molecule has 1 saturated heterocycles. The Kier molecular flexibility index (Phi) is 3.55. The van der Waals surface area contributed by atoms with Crippen LogP contribution in [0, 0.1) is 0 Å². The van der Waals surface area contributed by atoms with Crippen molar-refractivity contribution >= 4 is 17.3 Å². The Hall–Kier alpha value is -1.71. The van der Waals surface area contributed by atoms with Crippen molar-refractivity contribution in [3.63, 3.8) is 0 Å². The van der Waals surface area contributed by atoms with Crippen molar-refractivity contribution in [1.29, 1.82) is 0 Å². The van der Waals surface area contributed by atoms with E-state index in [9.17, 15) is 4.79 Å². The molecule has 3 rings (SSSR count). The molecule has 0 saturated carbocycles. The number of hydrogen-bond acceptors (Lipinski definition) is 3. The summed E-state index contributed by atoms with van der Waals surface area (Å²) in [5.74, 6) is 0.882. The summed E-state index contributed by atoms with van der Waals surface area (Å²) >= 11 is 0. The van der Waals surface area contributed by atoms with Crippen LogP contribution in [-0.4, -0.2) is 24.6 Å². The van der Waals surface area contributed by atoms with Gasteiger partial charge < -0.3 is 15.0 Å². The van der Waals surface area contributed by atoms with Crippen molar-refractivity contribution < 1.29 is 9.53 Å². The number of nitrogens with one attached hydrogen (secondary N) is 1. The molecule has 108 valence electrons. The Morgan fingerprint density at radius 1 is 1.30 bits per heavy atom. The van der Waals surface area contributed by atoms with Crippen molar-refractivity contribution in [3.8, 4) is 5.75 Å². The number of amides is 1. The zero-order valence-electron chi connectivity index (χ0n) is 12.2. The first-order valence-electron chi connectivity index (χ1n) is 7.54. The fourth-order valence-electron chi connectivity index (χ4n) is 3.11. The molecule has 4 nitrogen and oxygen atoms in total. The predicted molar refractivity (Wildman–Crippen MR) is 80.4 cm³/mol. The second-order valence-electron chi connectivity index (χ2n) is 5.86. The number of carbonyl (C=O) groups is 1. The van der Waals surface area contributed by atoms with Crippen molar-refractivity contribution in [2.24, 2.45) is 0 Å². The Morgan fingerprint density at radius 2 is 2.15 bits per heavy atom. The molecule has 1 atom stereocenters. The summed E-state index contributed by atoms with van der Waals surface area (Å²) in [5, 5.41) is 3.06. The minimum Gasteiger partial charge on any atom is -0.489 e. The van der Waals surface area contributed by atoms with Gasteiger partial charge in [-0.1, -0.05) is 18.9 Å². The van der Waals surface area contributed by atoms with Gasteiger partial charge in [-0.15, -0.1) is 0 Å². The second-order valence-corrected chi connectivity index (χ2v) is 5.86. The molecule has 1 fully saturated rings. The predicted octanol–water partition coefficient (Wildman–Crippen LogP) is 3.17. The molecule has 1 aromatic carbocycles. The van der Waals surface area contributed by atoms with E-state index in [1.807, 2.05) is 26.0 Å². The van der Waals surface area contributed by atoms with E-state index in [1.54, 1.807) is 0 Å². The summed E-state index contributed by atoms with van der Waals surface area (Å²) in [5.41, 5.74) is 1.94. The summed E-state index contributed by atoms with van der Waals surface area (Å²) in [6.45, 7) is 4.95. The highest BCUT2D eigenvalue weighted by atomic mass is 16.5. The SMILES string of the molecule is CC(C)Oc1cccc2c1NC(=O)C1CCCCCN21. The fourth-order valence-corrected chi connectivity index (χ4v) is 3.11. The van der Waals surface area contributed by atoms with E-state index in [0.29, 0.717) is 0 Å². The highest BCUT2D eigenvalue weighted by Crippen LogP contribution is 2.41. The molecule has 0 spiro atoms. The normalized spacial score (nSPS) is 21.9. The number of para-hydroxylation sites is 1. The standard InChI is InChI=1S/C16H22N2O2/c1-11(2)20-14-9-6-8-12-15(14)17-16(19)13-7-4-3-5-10-18(12)13/h6,8-9,11,13H,3-5,7,10H2,1-2H3,(H,17,19). The molecule has 20 heavy (non-hydrogen) atoms. The molecule has 4 heteroatoms. The first kappa shape index (κ1) is 13.3. The van der Waals surface area contributed by atoms with Gasteiger partial charge in [-0.05, 0) is 38.8 Å². The maximum atomic E-state index is 12.4. The summed E-state index contributed by atoms with van der Waals surface area (Å²) in [6.07, 6.45) is 4.53. The molecule has 2 aliphatic heterocycles. The van der Waals surface area contributed by atoms with Crippen molar-refractivity contribution in [2.75, 3.05) is 16.8 Å². The van der Waals surface area contributed by atoms with Gasteiger partial charge in [0, 0.05) is 6.54 Å². The van der Waals surface area contributed by atoms with Crippen LogP contribution in [0.25, 0.3) is 0 Å². The molecule has 1 N–H and O–H groups in total. The lowest BCUT2D eigenvalue weighted by atomic mass is 10.0. The topological polar surface area (TPSA) is 41.6 Å². The molecular formula is C16H22N2O2. The lowest BCUT2D eigenvalue weighted by Gasteiger charge is -2.37. The third-order valence-corrected chi connectivity index (χ3v) is 3.98. The van der Waals surface area contributed by atoms with Gasteiger partial charge in [0.1, 0.15) is 17.5 Å². The van der Waals surface area contributed by atoms with Crippen molar-refractivity contribution in [1.82, 2.24) is 0 Å². The first-order valence-corrected chi connectivity index (χ1v) is 7.54. The number of rotatable bonds is 2. The van der Waals surface area contributed by atoms with E-state index >= 15 is 0 Å². The Balaban J connectivity index is 2.01. The second kappa shape index (κ2) is 5.35. The Labute approximate surface area is 120 Å². The number of nitrogens with zero attached hydrogens (tertiary/aromatic N) is 1. The maximum Gasteiger partial charge on any atom is 0.247 e. The largest absolute Gasteiger partial charge is 0.489 e. The van der Waals surface area contributed by atoms with Gasteiger partial charge in [0.2, 0.25) is 5.91 Å². The first-order chi connectivity index (χ1) is 9.66. The van der Waals surface area contributed by atoms with Crippen LogP contribution in [0.3, 0.4) is 0 Å². The minimum absolute atomic E-state index is 0.0145. The van der Waals surface area contributed by atoms with Gasteiger partial charge in [0.25, 0.3) is 0 Å². The van der Waals surface area contributed by atoms with Gasteiger partial charge in [-0.3, -0.25) is 4.79 Å². The van der Waals surface area contributed by atoms with Gasteiger partial charge in [-0.25, -0.2) is 0 Å². The zero-order valence-corrected chi connectivity index (χ0v) is 12.2. The summed E-state index contributed by atoms with van der Waals surface area (Å²) in [7, 11) is 0. The van der Waals surface area contributed by atoms with Crippen LogP contribution in [0.5, 0.6) is 5.75 Å². The zero-order chi connectivity index (χ0) is 14.1. The molecule has 0 radical (unpaired) electrons. The third-order valence-electron chi connectivity index (χ3n) is 3.98. The lowest BCUT2D eigenvalue weighted by molar-refractivity contribution is -0.117. The molecule has 1 amide bonds. The minimum atomic E-state index is -0.0145. The van der Waals surface area contributed by atoms with E-state index in [4.69, 9.17) is 4.74 Å². The molecule has 1 aromatic rings. The highest BCUT2D eigenvalue weighted by Gasteiger charge is 2.34. The van der Waals surface area contributed by atoms with Gasteiger partial charge in [0.15, 0.2) is 0 Å². The number of hydrogen-bond donors (Lipinski definition) is 1. The number of fused-ring (bicyclic) bond motifs is 3. The van der Waals surface area contributed by atoms with Crippen LogP contribution in [0.1, 0.15) is 39.5 Å². The molecular weight excluding hydrogens is 252 g/mol. The summed E-state index contributed by atoms with van der Waals surface area (Å²) < 4.78 is 5.83. The van der Waals surface area contributed by atoms with E-state index in [1.165, 1.54) is 6.42 Å². The van der Waals surface area contributed by atoms with Crippen molar-refractivity contribution in [3.05, 3.63) is 18.2 Å². The van der Waals surface area contributed by atoms with E-state index in [-0.39, 0.29) is 18.1 Å². The smallest absolute Gasteiger partial charge is 0.247 e.